The quantitative estimate of drug-likeness (QED) is 0.827. The van der Waals surface area contributed by atoms with Crippen LogP contribution < -0.4 is 4.74 Å². The molecule has 2 fully saturated rings. The first-order valence-corrected chi connectivity index (χ1v) is 7.70. The van der Waals surface area contributed by atoms with Crippen LogP contribution in [0.3, 0.4) is 0 Å². The van der Waals surface area contributed by atoms with Gasteiger partial charge in [0.2, 0.25) is 0 Å². The molecule has 19 heavy (non-hydrogen) atoms. The Kier molecular flexibility index (Phi) is 3.93. The summed E-state index contributed by atoms with van der Waals surface area (Å²) in [5.41, 5.74) is 0. The highest BCUT2D eigenvalue weighted by atomic mass is 35.5. The molecule has 0 aliphatic carbocycles. The van der Waals surface area contributed by atoms with E-state index in [9.17, 15) is 0 Å². The fourth-order valence-electron chi connectivity index (χ4n) is 3.52. The molecule has 0 radical (unpaired) electrons. The van der Waals surface area contributed by atoms with Crippen molar-refractivity contribution in [2.24, 2.45) is 5.92 Å². The van der Waals surface area contributed by atoms with E-state index in [1.165, 1.54) is 25.7 Å². The lowest BCUT2D eigenvalue weighted by Crippen LogP contribution is -2.43. The molecule has 0 spiro atoms. The van der Waals surface area contributed by atoms with Crippen molar-refractivity contribution in [3.8, 4) is 5.75 Å². The van der Waals surface area contributed by atoms with Crippen LogP contribution in [0.2, 0.25) is 10.0 Å². The van der Waals surface area contributed by atoms with E-state index in [4.69, 9.17) is 27.9 Å². The molecule has 2 heterocycles. The normalized spacial score (nSPS) is 30.6. The Morgan fingerprint density at radius 2 is 1.95 bits per heavy atom. The van der Waals surface area contributed by atoms with Crippen molar-refractivity contribution in [3.63, 3.8) is 0 Å². The van der Waals surface area contributed by atoms with Crippen molar-refractivity contribution in [2.75, 3.05) is 13.7 Å². The zero-order valence-corrected chi connectivity index (χ0v) is 12.6. The van der Waals surface area contributed by atoms with Gasteiger partial charge in [0.1, 0.15) is 5.75 Å². The highest BCUT2D eigenvalue weighted by molar-refractivity contribution is 6.42. The lowest BCUT2D eigenvalue weighted by molar-refractivity contribution is 0.0853. The summed E-state index contributed by atoms with van der Waals surface area (Å²) >= 11 is 11.9. The summed E-state index contributed by atoms with van der Waals surface area (Å²) in [6.07, 6.45) is 5.25. The Bertz CT molecular complexity index is 465. The monoisotopic (exact) mass is 299 g/mol. The van der Waals surface area contributed by atoms with Crippen LogP contribution in [0, 0.1) is 5.92 Å². The van der Waals surface area contributed by atoms with Crippen molar-refractivity contribution < 1.29 is 4.74 Å². The Labute approximate surface area is 124 Å². The molecule has 3 rings (SSSR count). The summed E-state index contributed by atoms with van der Waals surface area (Å²) in [6, 6.07) is 6.98. The Balaban J connectivity index is 1.61. The summed E-state index contributed by atoms with van der Waals surface area (Å²) in [6.45, 7) is 0.777. The minimum Gasteiger partial charge on any atom is -0.493 e. The number of nitrogens with zero attached hydrogens (tertiary/aromatic N) is 1. The fraction of sp³-hybridized carbons (Fsp3) is 0.600. The molecule has 0 saturated carbocycles. The molecular weight excluding hydrogens is 281 g/mol. The first-order valence-electron chi connectivity index (χ1n) is 6.95. The van der Waals surface area contributed by atoms with E-state index >= 15 is 0 Å². The van der Waals surface area contributed by atoms with E-state index in [-0.39, 0.29) is 0 Å². The van der Waals surface area contributed by atoms with Crippen molar-refractivity contribution in [1.29, 1.82) is 0 Å². The van der Waals surface area contributed by atoms with E-state index in [0.717, 1.165) is 18.4 Å². The zero-order valence-electron chi connectivity index (χ0n) is 11.1. The molecule has 2 saturated heterocycles. The molecule has 2 aliphatic rings. The average molecular weight is 300 g/mol. The third-order valence-electron chi connectivity index (χ3n) is 4.66. The Morgan fingerprint density at radius 3 is 2.74 bits per heavy atom. The second-order valence-corrected chi connectivity index (χ2v) is 6.50. The molecule has 2 aliphatic heterocycles. The number of benzene rings is 1. The number of halogens is 2. The summed E-state index contributed by atoms with van der Waals surface area (Å²) in [5.74, 6) is 1.45. The maximum atomic E-state index is 6.00. The lowest BCUT2D eigenvalue weighted by atomic mass is 9.91. The second kappa shape index (κ2) is 5.51. The number of hydrogen-bond acceptors (Lipinski definition) is 2. The van der Waals surface area contributed by atoms with Crippen molar-refractivity contribution >= 4 is 23.2 Å². The number of ether oxygens (including phenoxy) is 1. The van der Waals surface area contributed by atoms with Crippen LogP contribution in [0.25, 0.3) is 0 Å². The van der Waals surface area contributed by atoms with Crippen molar-refractivity contribution in [2.45, 2.75) is 37.8 Å². The summed E-state index contributed by atoms with van der Waals surface area (Å²) in [4.78, 5) is 2.55. The molecular formula is C15H19Cl2NO. The van der Waals surface area contributed by atoms with Gasteiger partial charge in [-0.1, -0.05) is 23.2 Å². The molecule has 4 heteroatoms. The third-order valence-corrected chi connectivity index (χ3v) is 5.40. The van der Waals surface area contributed by atoms with Gasteiger partial charge in [-0.25, -0.2) is 0 Å². The number of fused-ring (bicyclic) bond motifs is 2. The lowest BCUT2D eigenvalue weighted by Gasteiger charge is -2.37. The molecule has 2 nitrogen and oxygen atoms in total. The van der Waals surface area contributed by atoms with E-state index in [1.807, 2.05) is 6.07 Å². The molecule has 3 atom stereocenters. The smallest absolute Gasteiger partial charge is 0.120 e. The van der Waals surface area contributed by atoms with Crippen LogP contribution in [-0.4, -0.2) is 30.6 Å². The number of hydrogen-bond donors (Lipinski definition) is 0. The SMILES string of the molecule is CN1C2CCC1[C@H](COc1ccc(Cl)c(Cl)c1)CC2. The molecule has 2 bridgehead atoms. The van der Waals surface area contributed by atoms with Gasteiger partial charge in [0.15, 0.2) is 0 Å². The molecule has 0 N–H and O–H groups in total. The van der Waals surface area contributed by atoms with E-state index < -0.39 is 0 Å². The number of rotatable bonds is 3. The minimum atomic E-state index is 0.556. The summed E-state index contributed by atoms with van der Waals surface area (Å²) < 4.78 is 5.91. The average Bonchev–Trinajstić information content (AvgIpc) is 2.63. The molecule has 0 amide bonds. The maximum absolute atomic E-state index is 6.00. The topological polar surface area (TPSA) is 12.5 Å². The van der Waals surface area contributed by atoms with Gasteiger partial charge in [-0.15, -0.1) is 0 Å². The molecule has 1 aromatic rings. The predicted molar refractivity (Wildman–Crippen MR) is 79.3 cm³/mol. The Hall–Kier alpha value is -0.440. The first kappa shape index (κ1) is 13.5. The van der Waals surface area contributed by atoms with Gasteiger partial charge in [-0.05, 0) is 44.9 Å². The zero-order chi connectivity index (χ0) is 13.4. The standard InChI is InChI=1S/C15H19Cl2NO/c1-18-11-3-2-10(15(18)7-4-11)9-19-12-5-6-13(16)14(17)8-12/h5-6,8,10-11,15H,2-4,7,9H2,1H3/t10-,11?,15?/m0/s1. The fourth-order valence-corrected chi connectivity index (χ4v) is 3.81. The molecule has 2 unspecified atom stereocenters. The number of piperidine rings is 1. The highest BCUT2D eigenvalue weighted by Gasteiger charge is 2.40. The van der Waals surface area contributed by atoms with Gasteiger partial charge in [0, 0.05) is 24.1 Å². The highest BCUT2D eigenvalue weighted by Crippen LogP contribution is 2.38. The van der Waals surface area contributed by atoms with Crippen LogP contribution in [0.4, 0.5) is 0 Å². The largest absolute Gasteiger partial charge is 0.493 e. The van der Waals surface area contributed by atoms with Gasteiger partial charge in [-0.2, -0.15) is 0 Å². The molecule has 1 aromatic carbocycles. The third kappa shape index (κ3) is 2.72. The van der Waals surface area contributed by atoms with E-state index in [2.05, 4.69) is 11.9 Å². The molecule has 104 valence electrons. The van der Waals surface area contributed by atoms with E-state index in [1.54, 1.807) is 12.1 Å². The van der Waals surface area contributed by atoms with Crippen LogP contribution in [-0.2, 0) is 0 Å². The Morgan fingerprint density at radius 1 is 1.16 bits per heavy atom. The van der Waals surface area contributed by atoms with Crippen LogP contribution >= 0.6 is 23.2 Å². The van der Waals surface area contributed by atoms with Gasteiger partial charge in [-0.3, -0.25) is 0 Å². The van der Waals surface area contributed by atoms with E-state index in [0.29, 0.717) is 22.0 Å². The van der Waals surface area contributed by atoms with Gasteiger partial charge in [0.25, 0.3) is 0 Å². The summed E-state index contributed by atoms with van der Waals surface area (Å²) in [7, 11) is 2.26. The predicted octanol–water partition coefficient (Wildman–Crippen LogP) is 4.25. The first-order chi connectivity index (χ1) is 9.15. The maximum Gasteiger partial charge on any atom is 0.120 e. The van der Waals surface area contributed by atoms with Crippen molar-refractivity contribution in [3.05, 3.63) is 28.2 Å². The van der Waals surface area contributed by atoms with Gasteiger partial charge >= 0.3 is 0 Å². The van der Waals surface area contributed by atoms with Crippen LogP contribution in [0.5, 0.6) is 5.75 Å². The van der Waals surface area contributed by atoms with Crippen LogP contribution in [0.1, 0.15) is 25.7 Å². The van der Waals surface area contributed by atoms with Crippen molar-refractivity contribution in [1.82, 2.24) is 4.90 Å². The second-order valence-electron chi connectivity index (χ2n) is 5.69. The summed E-state index contributed by atoms with van der Waals surface area (Å²) in [5, 5.41) is 1.13. The minimum absolute atomic E-state index is 0.556. The van der Waals surface area contributed by atoms with Gasteiger partial charge < -0.3 is 9.64 Å². The van der Waals surface area contributed by atoms with Crippen LogP contribution in [0.15, 0.2) is 18.2 Å². The molecule has 0 aromatic heterocycles. The van der Waals surface area contributed by atoms with Gasteiger partial charge in [0.05, 0.1) is 16.7 Å².